The smallest absolute Gasteiger partial charge is 0.238 e. The Balaban J connectivity index is 2.27. The average molecular weight is 292 g/mol. The van der Waals surface area contributed by atoms with Gasteiger partial charge >= 0.3 is 0 Å². The summed E-state index contributed by atoms with van der Waals surface area (Å²) in [6, 6.07) is 7.99. The fourth-order valence-electron chi connectivity index (χ4n) is 1.69. The average Bonchev–Trinajstić information content (AvgIpc) is 2.41. The Morgan fingerprint density at radius 2 is 1.71 bits per heavy atom. The predicted molar refractivity (Wildman–Crippen MR) is 81.8 cm³/mol. The largest absolute Gasteiger partial charge is 0.494 e. The zero-order valence-electron chi connectivity index (χ0n) is 13.2. The summed E-state index contributed by atoms with van der Waals surface area (Å²) in [7, 11) is 0. The van der Waals surface area contributed by atoms with Crippen molar-refractivity contribution in [1.29, 1.82) is 0 Å². The fourth-order valence-corrected chi connectivity index (χ4v) is 1.69. The Morgan fingerprint density at radius 1 is 1.10 bits per heavy atom. The van der Waals surface area contributed by atoms with Gasteiger partial charge in [-0.15, -0.1) is 0 Å². The minimum atomic E-state index is -0.293. The van der Waals surface area contributed by atoms with E-state index in [4.69, 9.17) is 4.74 Å². The number of rotatable bonds is 5. The van der Waals surface area contributed by atoms with E-state index >= 15 is 0 Å². The molecule has 5 nitrogen and oxygen atoms in total. The second-order valence-corrected chi connectivity index (χ2v) is 5.96. The van der Waals surface area contributed by atoms with Gasteiger partial charge in [0, 0.05) is 13.3 Å². The molecule has 0 atom stereocenters. The first-order valence-corrected chi connectivity index (χ1v) is 7.08. The van der Waals surface area contributed by atoms with E-state index in [2.05, 4.69) is 43.8 Å². The molecule has 5 heteroatoms. The quantitative estimate of drug-likeness (QED) is 0.646. The molecule has 21 heavy (non-hydrogen) atoms. The lowest BCUT2D eigenvalue weighted by Crippen LogP contribution is -2.40. The Morgan fingerprint density at radius 3 is 2.24 bits per heavy atom. The molecule has 0 saturated heterocycles. The maximum absolute atomic E-state index is 11.3. The molecule has 0 saturated carbocycles. The van der Waals surface area contributed by atoms with E-state index in [0.717, 1.165) is 5.75 Å². The van der Waals surface area contributed by atoms with Gasteiger partial charge in [0.1, 0.15) is 5.75 Å². The first-order chi connectivity index (χ1) is 9.79. The Bertz CT molecular complexity index is 475. The van der Waals surface area contributed by atoms with E-state index in [-0.39, 0.29) is 17.2 Å². The van der Waals surface area contributed by atoms with Crippen LogP contribution < -0.4 is 15.6 Å². The molecule has 0 fully saturated rings. The van der Waals surface area contributed by atoms with Crippen LogP contribution in [0.3, 0.4) is 0 Å². The summed E-state index contributed by atoms with van der Waals surface area (Å²) in [5.74, 6) is 0.278. The van der Waals surface area contributed by atoms with E-state index in [9.17, 15) is 9.59 Å². The number of hydrogen-bond acceptors (Lipinski definition) is 3. The van der Waals surface area contributed by atoms with Crippen LogP contribution in [-0.2, 0) is 15.0 Å². The lowest BCUT2D eigenvalue weighted by molar-refractivity contribution is -0.127. The minimum Gasteiger partial charge on any atom is -0.494 e. The first kappa shape index (κ1) is 17.0. The van der Waals surface area contributed by atoms with E-state index in [1.807, 2.05) is 12.1 Å². The van der Waals surface area contributed by atoms with Crippen molar-refractivity contribution in [3.8, 4) is 5.75 Å². The molecule has 2 N–H and O–H groups in total. The first-order valence-electron chi connectivity index (χ1n) is 7.08. The summed E-state index contributed by atoms with van der Waals surface area (Å²) < 4.78 is 5.58. The number of benzene rings is 1. The molecule has 1 aromatic carbocycles. The van der Waals surface area contributed by atoms with Gasteiger partial charge in [-0.2, -0.15) is 0 Å². The van der Waals surface area contributed by atoms with Crippen molar-refractivity contribution in [2.75, 3.05) is 6.61 Å². The topological polar surface area (TPSA) is 67.4 Å². The van der Waals surface area contributed by atoms with Gasteiger partial charge in [0.05, 0.1) is 6.61 Å². The third-order valence-corrected chi connectivity index (χ3v) is 2.92. The summed E-state index contributed by atoms with van der Waals surface area (Å²) in [6.45, 7) is 8.29. The van der Waals surface area contributed by atoms with Gasteiger partial charge in [0.25, 0.3) is 0 Å². The number of ether oxygens (including phenoxy) is 1. The summed E-state index contributed by atoms with van der Waals surface area (Å²) in [6.07, 6.45) is 0.896. The number of carbonyl (C=O) groups excluding carboxylic acids is 2. The van der Waals surface area contributed by atoms with Crippen LogP contribution in [0.2, 0.25) is 0 Å². The minimum absolute atomic E-state index is 0.125. The van der Waals surface area contributed by atoms with Crippen LogP contribution in [0.5, 0.6) is 5.75 Å². The molecule has 0 aliphatic rings. The lowest BCUT2D eigenvalue weighted by atomic mass is 9.87. The number of carbonyl (C=O) groups is 2. The van der Waals surface area contributed by atoms with Gasteiger partial charge < -0.3 is 4.74 Å². The van der Waals surface area contributed by atoms with Crippen molar-refractivity contribution in [2.45, 2.75) is 46.0 Å². The van der Waals surface area contributed by atoms with Crippen LogP contribution in [0.4, 0.5) is 0 Å². The molecule has 0 spiro atoms. The third kappa shape index (κ3) is 6.79. The Kier molecular flexibility index (Phi) is 6.21. The second-order valence-electron chi connectivity index (χ2n) is 5.96. The van der Waals surface area contributed by atoms with Crippen molar-refractivity contribution in [1.82, 2.24) is 10.9 Å². The molecule has 116 valence electrons. The Labute approximate surface area is 126 Å². The SMILES string of the molecule is CC(=O)NNC(=O)CCCOc1ccc(C(C)(C)C)cc1. The third-order valence-electron chi connectivity index (χ3n) is 2.92. The van der Waals surface area contributed by atoms with Gasteiger partial charge in [0.2, 0.25) is 11.8 Å². The number of amides is 2. The molecule has 0 aliphatic heterocycles. The van der Waals surface area contributed by atoms with E-state index < -0.39 is 0 Å². The van der Waals surface area contributed by atoms with Gasteiger partial charge in [-0.25, -0.2) is 0 Å². The zero-order valence-corrected chi connectivity index (χ0v) is 13.2. The molecule has 0 bridgehead atoms. The number of nitrogens with one attached hydrogen (secondary N) is 2. The highest BCUT2D eigenvalue weighted by atomic mass is 16.5. The van der Waals surface area contributed by atoms with E-state index in [1.54, 1.807) is 0 Å². The van der Waals surface area contributed by atoms with Crippen molar-refractivity contribution in [3.63, 3.8) is 0 Å². The van der Waals surface area contributed by atoms with Crippen molar-refractivity contribution >= 4 is 11.8 Å². The van der Waals surface area contributed by atoms with Crippen molar-refractivity contribution in [2.24, 2.45) is 0 Å². The maximum Gasteiger partial charge on any atom is 0.238 e. The summed E-state index contributed by atoms with van der Waals surface area (Å²) >= 11 is 0. The Hall–Kier alpha value is -2.04. The lowest BCUT2D eigenvalue weighted by Gasteiger charge is -2.19. The van der Waals surface area contributed by atoms with Crippen LogP contribution in [0, 0.1) is 0 Å². The molecule has 0 aliphatic carbocycles. The highest BCUT2D eigenvalue weighted by Gasteiger charge is 2.12. The highest BCUT2D eigenvalue weighted by molar-refractivity contribution is 5.80. The van der Waals surface area contributed by atoms with Crippen LogP contribution in [0.15, 0.2) is 24.3 Å². The molecule has 0 heterocycles. The van der Waals surface area contributed by atoms with Crippen LogP contribution in [0.1, 0.15) is 46.1 Å². The molecular formula is C16H24N2O3. The molecule has 0 unspecified atom stereocenters. The highest BCUT2D eigenvalue weighted by Crippen LogP contribution is 2.24. The molecule has 0 aromatic heterocycles. The molecular weight excluding hydrogens is 268 g/mol. The standard InChI is InChI=1S/C16H24N2O3/c1-12(19)17-18-15(20)6-5-11-21-14-9-7-13(8-10-14)16(2,3)4/h7-10H,5-6,11H2,1-4H3,(H,17,19)(H,18,20). The zero-order chi connectivity index (χ0) is 15.9. The van der Waals surface area contributed by atoms with Crippen molar-refractivity contribution < 1.29 is 14.3 Å². The van der Waals surface area contributed by atoms with Crippen LogP contribution in [-0.4, -0.2) is 18.4 Å². The monoisotopic (exact) mass is 292 g/mol. The van der Waals surface area contributed by atoms with E-state index in [0.29, 0.717) is 19.4 Å². The van der Waals surface area contributed by atoms with Gasteiger partial charge in [-0.3, -0.25) is 20.4 Å². The van der Waals surface area contributed by atoms with Gasteiger partial charge in [-0.05, 0) is 29.5 Å². The summed E-state index contributed by atoms with van der Waals surface area (Å²) in [4.78, 5) is 21.9. The molecule has 1 rings (SSSR count). The second kappa shape index (κ2) is 7.67. The summed E-state index contributed by atoms with van der Waals surface area (Å²) in [5, 5.41) is 0. The predicted octanol–water partition coefficient (Wildman–Crippen LogP) is 2.31. The van der Waals surface area contributed by atoms with E-state index in [1.165, 1.54) is 12.5 Å². The normalized spacial score (nSPS) is 10.9. The van der Waals surface area contributed by atoms with Gasteiger partial charge in [0.15, 0.2) is 0 Å². The number of hydrazine groups is 1. The van der Waals surface area contributed by atoms with Crippen LogP contribution >= 0.6 is 0 Å². The molecule has 1 aromatic rings. The summed E-state index contributed by atoms with van der Waals surface area (Å²) in [5.41, 5.74) is 5.94. The fraction of sp³-hybridized carbons (Fsp3) is 0.500. The van der Waals surface area contributed by atoms with Gasteiger partial charge in [-0.1, -0.05) is 32.9 Å². The maximum atomic E-state index is 11.3. The molecule has 0 radical (unpaired) electrons. The van der Waals surface area contributed by atoms with Crippen LogP contribution in [0.25, 0.3) is 0 Å². The number of hydrogen-bond donors (Lipinski definition) is 2. The van der Waals surface area contributed by atoms with Crippen molar-refractivity contribution in [3.05, 3.63) is 29.8 Å². The molecule has 2 amide bonds.